The van der Waals surface area contributed by atoms with Crippen LogP contribution in [0.3, 0.4) is 0 Å². The van der Waals surface area contributed by atoms with Crippen molar-refractivity contribution in [2.75, 3.05) is 0 Å². The lowest BCUT2D eigenvalue weighted by Gasteiger charge is -2.08. The van der Waals surface area contributed by atoms with E-state index >= 15 is 0 Å². The smallest absolute Gasteiger partial charge is 0.323 e. The van der Waals surface area contributed by atoms with Gasteiger partial charge in [-0.05, 0) is 31.9 Å². The molecule has 3 aromatic rings. The Hall–Kier alpha value is -2.47. The molecule has 0 bridgehead atoms. The van der Waals surface area contributed by atoms with E-state index in [1.54, 1.807) is 0 Å². The summed E-state index contributed by atoms with van der Waals surface area (Å²) in [6.45, 7) is 5.59. The first-order chi connectivity index (χ1) is 10.9. The third-order valence-corrected chi connectivity index (χ3v) is 4.84. The van der Waals surface area contributed by atoms with Crippen molar-refractivity contribution in [2.45, 2.75) is 27.3 Å². The summed E-state index contributed by atoms with van der Waals surface area (Å²) in [7, 11) is 0. The highest BCUT2D eigenvalue weighted by molar-refractivity contribution is 7.19. The second kappa shape index (κ2) is 5.62. The van der Waals surface area contributed by atoms with Crippen LogP contribution in [0.4, 0.5) is 0 Å². The van der Waals surface area contributed by atoms with Crippen LogP contribution in [0.2, 0.25) is 0 Å². The number of aromatic nitrogens is 2. The molecule has 3 rings (SSSR count). The van der Waals surface area contributed by atoms with E-state index in [9.17, 15) is 9.59 Å². The van der Waals surface area contributed by atoms with E-state index in [2.05, 4.69) is 11.1 Å². The summed E-state index contributed by atoms with van der Waals surface area (Å²) in [5.41, 5.74) is 3.74. The van der Waals surface area contributed by atoms with Crippen LogP contribution in [0.5, 0.6) is 0 Å². The highest BCUT2D eigenvalue weighted by Gasteiger charge is 2.18. The number of aliphatic carboxylic acids is 1. The Kier molecular flexibility index (Phi) is 3.77. The molecule has 118 valence electrons. The van der Waals surface area contributed by atoms with Gasteiger partial charge in [-0.1, -0.05) is 23.8 Å². The van der Waals surface area contributed by atoms with E-state index in [0.29, 0.717) is 10.2 Å². The lowest BCUT2D eigenvalue weighted by molar-refractivity contribution is -0.137. The maximum atomic E-state index is 12.7. The normalized spacial score (nSPS) is 11.1. The topological polar surface area (TPSA) is 72.2 Å². The van der Waals surface area contributed by atoms with Crippen molar-refractivity contribution in [2.24, 2.45) is 0 Å². The van der Waals surface area contributed by atoms with Gasteiger partial charge in [0.05, 0.1) is 11.7 Å². The summed E-state index contributed by atoms with van der Waals surface area (Å²) in [6, 6.07) is 6.11. The number of nitrogens with zero attached hydrogens (tertiary/aromatic N) is 2. The first-order valence-electron chi connectivity index (χ1n) is 7.16. The zero-order valence-corrected chi connectivity index (χ0v) is 13.9. The summed E-state index contributed by atoms with van der Waals surface area (Å²) in [4.78, 5) is 29.6. The van der Waals surface area contributed by atoms with Crippen molar-refractivity contribution in [3.05, 3.63) is 50.9 Å². The molecule has 0 aliphatic carbocycles. The van der Waals surface area contributed by atoms with Crippen LogP contribution in [0.15, 0.2) is 29.3 Å². The van der Waals surface area contributed by atoms with E-state index in [1.165, 1.54) is 17.7 Å². The molecule has 0 radical (unpaired) electrons. The number of carbonyl (C=O) groups is 1. The molecule has 0 saturated heterocycles. The molecule has 2 heterocycles. The fourth-order valence-electron chi connectivity index (χ4n) is 2.73. The van der Waals surface area contributed by atoms with Crippen LogP contribution in [0.1, 0.15) is 16.0 Å². The standard InChI is InChI=1S/C17H16N2O3S/c1-9-4-5-10(2)12(6-9)14-11(3)23-16-15(14)17(22)19(8-18-16)7-13(20)21/h4-6,8H,7H2,1-3H3,(H,20,21). The van der Waals surface area contributed by atoms with Gasteiger partial charge in [-0.3, -0.25) is 14.2 Å². The quantitative estimate of drug-likeness (QED) is 0.802. The summed E-state index contributed by atoms with van der Waals surface area (Å²) >= 11 is 1.46. The van der Waals surface area contributed by atoms with Gasteiger partial charge in [0.1, 0.15) is 11.4 Å². The Labute approximate surface area is 136 Å². The van der Waals surface area contributed by atoms with Crippen LogP contribution < -0.4 is 5.56 Å². The molecule has 0 aliphatic rings. The van der Waals surface area contributed by atoms with Gasteiger partial charge in [0.2, 0.25) is 0 Å². The van der Waals surface area contributed by atoms with Crippen LogP contribution in [-0.2, 0) is 11.3 Å². The predicted octanol–water partition coefficient (Wildman–Crippen LogP) is 3.13. The minimum absolute atomic E-state index is 0.308. The van der Waals surface area contributed by atoms with Crippen LogP contribution >= 0.6 is 11.3 Å². The summed E-state index contributed by atoms with van der Waals surface area (Å²) in [5.74, 6) is -1.06. The number of rotatable bonds is 3. The molecule has 0 aliphatic heterocycles. The van der Waals surface area contributed by atoms with E-state index < -0.39 is 5.97 Å². The average molecular weight is 328 g/mol. The number of hydrogen-bond acceptors (Lipinski definition) is 4. The number of fused-ring (bicyclic) bond motifs is 1. The first kappa shape index (κ1) is 15.4. The molecule has 1 aromatic carbocycles. The fourth-order valence-corrected chi connectivity index (χ4v) is 3.72. The van der Waals surface area contributed by atoms with Crippen molar-refractivity contribution < 1.29 is 9.90 Å². The Balaban J connectivity index is 2.36. The Morgan fingerprint density at radius 2 is 2.04 bits per heavy atom. The van der Waals surface area contributed by atoms with Gasteiger partial charge in [0, 0.05) is 10.4 Å². The first-order valence-corrected chi connectivity index (χ1v) is 7.98. The average Bonchev–Trinajstić information content (AvgIpc) is 2.81. The minimum atomic E-state index is -1.06. The zero-order valence-electron chi connectivity index (χ0n) is 13.1. The van der Waals surface area contributed by atoms with E-state index in [4.69, 9.17) is 5.11 Å². The maximum Gasteiger partial charge on any atom is 0.323 e. The zero-order chi connectivity index (χ0) is 16.7. The highest BCUT2D eigenvalue weighted by atomic mass is 32.1. The van der Waals surface area contributed by atoms with Crippen molar-refractivity contribution >= 4 is 27.5 Å². The lowest BCUT2D eigenvalue weighted by atomic mass is 9.97. The second-order valence-corrected chi connectivity index (χ2v) is 6.81. The van der Waals surface area contributed by atoms with E-state index in [1.807, 2.05) is 32.9 Å². The molecule has 0 amide bonds. The second-order valence-electron chi connectivity index (χ2n) is 5.60. The van der Waals surface area contributed by atoms with E-state index in [0.717, 1.165) is 31.7 Å². The van der Waals surface area contributed by atoms with Gasteiger partial charge in [0.15, 0.2) is 0 Å². The number of aryl methyl sites for hydroxylation is 3. The van der Waals surface area contributed by atoms with Gasteiger partial charge < -0.3 is 5.11 Å². The minimum Gasteiger partial charge on any atom is -0.480 e. The van der Waals surface area contributed by atoms with Crippen LogP contribution in [0, 0.1) is 20.8 Å². The molecule has 0 saturated carbocycles. The number of thiophene rings is 1. The molecule has 5 nitrogen and oxygen atoms in total. The molecular formula is C17H16N2O3S. The SMILES string of the molecule is Cc1ccc(C)c(-c2c(C)sc3ncn(CC(=O)O)c(=O)c23)c1. The molecular weight excluding hydrogens is 312 g/mol. The summed E-state index contributed by atoms with van der Waals surface area (Å²) < 4.78 is 1.14. The van der Waals surface area contributed by atoms with E-state index in [-0.39, 0.29) is 12.1 Å². The number of carboxylic acid groups (broad SMARTS) is 1. The number of hydrogen-bond donors (Lipinski definition) is 1. The van der Waals surface area contributed by atoms with Gasteiger partial charge in [0.25, 0.3) is 5.56 Å². The highest BCUT2D eigenvalue weighted by Crippen LogP contribution is 2.37. The van der Waals surface area contributed by atoms with Gasteiger partial charge >= 0.3 is 5.97 Å². The Morgan fingerprint density at radius 1 is 1.30 bits per heavy atom. The number of carboxylic acids is 1. The Bertz CT molecular complexity index is 985. The van der Waals surface area contributed by atoms with Crippen LogP contribution in [0.25, 0.3) is 21.3 Å². The molecule has 0 fully saturated rings. The fraction of sp³-hybridized carbons (Fsp3) is 0.235. The lowest BCUT2D eigenvalue weighted by Crippen LogP contribution is -2.24. The molecule has 0 spiro atoms. The monoisotopic (exact) mass is 328 g/mol. The summed E-state index contributed by atoms with van der Waals surface area (Å²) in [6.07, 6.45) is 1.31. The largest absolute Gasteiger partial charge is 0.480 e. The third kappa shape index (κ3) is 2.66. The molecule has 23 heavy (non-hydrogen) atoms. The molecule has 2 aromatic heterocycles. The molecule has 1 N–H and O–H groups in total. The van der Waals surface area contributed by atoms with Crippen molar-refractivity contribution in [3.63, 3.8) is 0 Å². The van der Waals surface area contributed by atoms with Gasteiger partial charge in [-0.2, -0.15) is 0 Å². The predicted molar refractivity (Wildman–Crippen MR) is 91.2 cm³/mol. The maximum absolute atomic E-state index is 12.7. The van der Waals surface area contributed by atoms with Crippen LogP contribution in [-0.4, -0.2) is 20.6 Å². The van der Waals surface area contributed by atoms with Crippen molar-refractivity contribution in [1.29, 1.82) is 0 Å². The molecule has 0 unspecified atom stereocenters. The van der Waals surface area contributed by atoms with Gasteiger partial charge in [-0.15, -0.1) is 11.3 Å². The van der Waals surface area contributed by atoms with Gasteiger partial charge in [-0.25, -0.2) is 4.98 Å². The third-order valence-electron chi connectivity index (χ3n) is 3.82. The molecule has 6 heteroatoms. The Morgan fingerprint density at radius 3 is 2.74 bits per heavy atom. The van der Waals surface area contributed by atoms with Crippen molar-refractivity contribution in [3.8, 4) is 11.1 Å². The number of benzene rings is 1. The van der Waals surface area contributed by atoms with Crippen molar-refractivity contribution in [1.82, 2.24) is 9.55 Å². The summed E-state index contributed by atoms with van der Waals surface area (Å²) in [5, 5.41) is 9.46. The molecule has 0 atom stereocenters.